The molecule has 0 bridgehead atoms. The lowest BCUT2D eigenvalue weighted by molar-refractivity contribution is -0.183. The summed E-state index contributed by atoms with van der Waals surface area (Å²) in [5.41, 5.74) is 0.580. The topological polar surface area (TPSA) is 49.8 Å². The monoisotopic (exact) mass is 255 g/mol. The zero-order valence-corrected chi connectivity index (χ0v) is 10.9. The van der Waals surface area contributed by atoms with E-state index in [2.05, 4.69) is 23.3 Å². The van der Waals surface area contributed by atoms with Crippen molar-refractivity contribution in [3.05, 3.63) is 21.9 Å². The minimum absolute atomic E-state index is 0.329. The van der Waals surface area contributed by atoms with E-state index in [1.54, 1.807) is 11.3 Å². The number of hydrogen-bond acceptors (Lipinski definition) is 4. The molecule has 17 heavy (non-hydrogen) atoms. The molecule has 2 rings (SSSR count). The number of ether oxygens (including phenoxy) is 1. The lowest BCUT2D eigenvalue weighted by atomic mass is 9.85. The van der Waals surface area contributed by atoms with Gasteiger partial charge in [0.15, 0.2) is 0 Å². The summed E-state index contributed by atoms with van der Waals surface area (Å²) in [6, 6.07) is 2.09. The van der Waals surface area contributed by atoms with Crippen molar-refractivity contribution in [2.24, 2.45) is 5.41 Å². The first-order valence-corrected chi connectivity index (χ1v) is 6.44. The Morgan fingerprint density at radius 1 is 1.65 bits per heavy atom. The van der Waals surface area contributed by atoms with Crippen LogP contribution in [0.2, 0.25) is 0 Å². The molecule has 0 aromatic carbocycles. The van der Waals surface area contributed by atoms with Crippen molar-refractivity contribution in [1.29, 1.82) is 0 Å². The Morgan fingerprint density at radius 3 is 2.76 bits per heavy atom. The molecule has 0 aliphatic carbocycles. The Balaban J connectivity index is 1.95. The predicted octanol–water partition coefficient (Wildman–Crippen LogP) is 1.59. The number of hydrogen-bond donors (Lipinski definition) is 1. The molecule has 1 aromatic heterocycles. The lowest BCUT2D eigenvalue weighted by Crippen LogP contribution is -2.55. The summed E-state index contributed by atoms with van der Waals surface area (Å²) in [6.45, 7) is 4.09. The van der Waals surface area contributed by atoms with Crippen LogP contribution in [0.5, 0.6) is 0 Å². The Morgan fingerprint density at radius 2 is 2.35 bits per heavy atom. The van der Waals surface area contributed by atoms with Gasteiger partial charge >= 0.3 is 5.97 Å². The van der Waals surface area contributed by atoms with Crippen LogP contribution in [0, 0.1) is 12.3 Å². The van der Waals surface area contributed by atoms with Crippen molar-refractivity contribution in [2.75, 3.05) is 26.8 Å². The van der Waals surface area contributed by atoms with Crippen molar-refractivity contribution in [3.8, 4) is 0 Å². The van der Waals surface area contributed by atoms with E-state index in [-0.39, 0.29) is 0 Å². The number of rotatable bonds is 5. The van der Waals surface area contributed by atoms with Crippen LogP contribution in [0.1, 0.15) is 10.4 Å². The summed E-state index contributed by atoms with van der Waals surface area (Å²) < 4.78 is 5.05. The normalized spacial score (nSPS) is 18.1. The van der Waals surface area contributed by atoms with Gasteiger partial charge in [-0.15, -0.1) is 11.3 Å². The fourth-order valence-electron chi connectivity index (χ4n) is 2.01. The second-order valence-electron chi connectivity index (χ2n) is 4.78. The molecule has 1 aromatic rings. The molecule has 1 aliphatic heterocycles. The maximum atomic E-state index is 11.2. The zero-order valence-electron chi connectivity index (χ0n) is 10.1. The van der Waals surface area contributed by atoms with E-state index in [4.69, 9.17) is 4.74 Å². The van der Waals surface area contributed by atoms with E-state index in [9.17, 15) is 9.90 Å². The van der Waals surface area contributed by atoms with Crippen LogP contribution in [0.3, 0.4) is 0 Å². The third-order valence-electron chi connectivity index (χ3n) is 3.16. The van der Waals surface area contributed by atoms with Crippen LogP contribution in [0.4, 0.5) is 0 Å². The Hall–Kier alpha value is -0.910. The van der Waals surface area contributed by atoms with Gasteiger partial charge in [0.1, 0.15) is 5.41 Å². The first-order valence-electron chi connectivity index (χ1n) is 5.56. The zero-order chi connectivity index (χ0) is 12.5. The molecular weight excluding hydrogens is 238 g/mol. The molecule has 0 saturated carbocycles. The van der Waals surface area contributed by atoms with Gasteiger partial charge in [0.05, 0.1) is 13.2 Å². The maximum Gasteiger partial charge on any atom is 0.315 e. The average Bonchev–Trinajstić information content (AvgIpc) is 2.58. The predicted molar refractivity (Wildman–Crippen MR) is 66.3 cm³/mol. The van der Waals surface area contributed by atoms with Crippen molar-refractivity contribution in [1.82, 2.24) is 4.90 Å². The molecule has 0 amide bonds. The highest BCUT2D eigenvalue weighted by molar-refractivity contribution is 7.10. The summed E-state index contributed by atoms with van der Waals surface area (Å²) >= 11 is 1.72. The molecule has 94 valence electrons. The van der Waals surface area contributed by atoms with Gasteiger partial charge in [0.25, 0.3) is 0 Å². The van der Waals surface area contributed by atoms with E-state index < -0.39 is 11.4 Å². The molecule has 1 fully saturated rings. The molecule has 0 spiro atoms. The number of carboxylic acids is 1. The molecule has 1 aliphatic rings. The van der Waals surface area contributed by atoms with Crippen LogP contribution in [-0.2, 0) is 16.1 Å². The van der Waals surface area contributed by atoms with Gasteiger partial charge in [-0.1, -0.05) is 0 Å². The minimum Gasteiger partial charge on any atom is -0.481 e. The molecule has 0 atom stereocenters. The lowest BCUT2D eigenvalue weighted by Gasteiger charge is -2.39. The number of aliphatic carboxylic acids is 1. The van der Waals surface area contributed by atoms with E-state index >= 15 is 0 Å². The summed E-state index contributed by atoms with van der Waals surface area (Å²) in [5, 5.41) is 11.3. The van der Waals surface area contributed by atoms with Gasteiger partial charge in [0, 0.05) is 18.0 Å². The number of nitrogens with zero attached hydrogens (tertiary/aromatic N) is 1. The molecule has 0 unspecified atom stereocenters. The molecule has 4 nitrogen and oxygen atoms in total. The number of carbonyl (C=O) groups is 1. The summed E-state index contributed by atoms with van der Waals surface area (Å²) in [6.07, 6.45) is 0. The Bertz CT molecular complexity index is 412. The molecular formula is C12H17NO3S. The molecule has 1 saturated heterocycles. The highest BCUT2D eigenvalue weighted by atomic mass is 32.1. The Kier molecular flexibility index (Phi) is 3.51. The average molecular weight is 255 g/mol. The van der Waals surface area contributed by atoms with Crippen LogP contribution in [-0.4, -0.2) is 42.8 Å². The number of aryl methyl sites for hydroxylation is 1. The van der Waals surface area contributed by atoms with Crippen LogP contribution < -0.4 is 0 Å². The highest BCUT2D eigenvalue weighted by Crippen LogP contribution is 2.29. The molecule has 2 heterocycles. The third kappa shape index (κ3) is 2.51. The largest absolute Gasteiger partial charge is 0.481 e. The second-order valence-corrected chi connectivity index (χ2v) is 5.78. The second kappa shape index (κ2) is 4.76. The van der Waals surface area contributed by atoms with Gasteiger partial charge in [0.2, 0.25) is 0 Å². The highest BCUT2D eigenvalue weighted by Gasteiger charge is 2.46. The van der Waals surface area contributed by atoms with Gasteiger partial charge in [-0.05, 0) is 31.0 Å². The fourth-order valence-corrected chi connectivity index (χ4v) is 3.00. The van der Waals surface area contributed by atoms with E-state index in [1.165, 1.54) is 10.4 Å². The number of thiophene rings is 1. The van der Waals surface area contributed by atoms with E-state index in [0.29, 0.717) is 19.8 Å². The van der Waals surface area contributed by atoms with Crippen LogP contribution in [0.15, 0.2) is 11.4 Å². The summed E-state index contributed by atoms with van der Waals surface area (Å²) in [4.78, 5) is 14.6. The smallest absolute Gasteiger partial charge is 0.315 e. The minimum atomic E-state index is -0.751. The number of carboxylic acid groups (broad SMARTS) is 1. The SMILES string of the molecule is Cc1ccsc1CN(C)CC1(C(=O)O)COC1. The standard InChI is InChI=1S/C12H17NO3S/c1-9-3-4-17-10(9)5-13(2)6-12(11(14)15)7-16-8-12/h3-4H,5-8H2,1-2H3,(H,14,15). The molecule has 5 heteroatoms. The first-order chi connectivity index (χ1) is 8.03. The van der Waals surface area contributed by atoms with Crippen molar-refractivity contribution in [2.45, 2.75) is 13.5 Å². The quantitative estimate of drug-likeness (QED) is 0.868. The third-order valence-corrected chi connectivity index (χ3v) is 4.17. The maximum absolute atomic E-state index is 11.2. The van der Waals surface area contributed by atoms with Crippen molar-refractivity contribution < 1.29 is 14.6 Å². The summed E-state index contributed by atoms with van der Waals surface area (Å²) in [5.74, 6) is -0.751. The van der Waals surface area contributed by atoms with Gasteiger partial charge in [-0.3, -0.25) is 9.69 Å². The van der Waals surface area contributed by atoms with Crippen LogP contribution >= 0.6 is 11.3 Å². The van der Waals surface area contributed by atoms with E-state index in [1.807, 2.05) is 7.05 Å². The van der Waals surface area contributed by atoms with Crippen LogP contribution in [0.25, 0.3) is 0 Å². The van der Waals surface area contributed by atoms with Gasteiger partial charge in [-0.25, -0.2) is 0 Å². The van der Waals surface area contributed by atoms with Gasteiger partial charge in [-0.2, -0.15) is 0 Å². The van der Waals surface area contributed by atoms with E-state index in [0.717, 1.165) is 6.54 Å². The summed E-state index contributed by atoms with van der Waals surface area (Å²) in [7, 11) is 1.96. The van der Waals surface area contributed by atoms with Crippen molar-refractivity contribution in [3.63, 3.8) is 0 Å². The first kappa shape index (κ1) is 12.5. The Labute approximate surface area is 105 Å². The fraction of sp³-hybridized carbons (Fsp3) is 0.583. The van der Waals surface area contributed by atoms with Gasteiger partial charge < -0.3 is 9.84 Å². The van der Waals surface area contributed by atoms with Crippen molar-refractivity contribution >= 4 is 17.3 Å². The molecule has 1 N–H and O–H groups in total. The molecule has 0 radical (unpaired) electrons.